The summed E-state index contributed by atoms with van der Waals surface area (Å²) < 4.78 is 1.90. The number of nitrogens with zero attached hydrogens (tertiary/aromatic N) is 3. The Kier molecular flexibility index (Phi) is 2.76. The highest BCUT2D eigenvalue weighted by Crippen LogP contribution is 2.12. The minimum atomic E-state index is -0.366. The number of pyridine rings is 1. The molecule has 94 valence electrons. The highest BCUT2D eigenvalue weighted by atomic mass is 16.3. The smallest absolute Gasteiger partial charge is 0.228 e. The molecule has 1 amide bonds. The van der Waals surface area contributed by atoms with Crippen molar-refractivity contribution in [1.29, 1.82) is 0 Å². The third-order valence-electron chi connectivity index (χ3n) is 3.26. The molecule has 1 aliphatic heterocycles. The fourth-order valence-corrected chi connectivity index (χ4v) is 2.31. The van der Waals surface area contributed by atoms with E-state index in [1.807, 2.05) is 35.0 Å². The lowest BCUT2D eigenvalue weighted by Crippen LogP contribution is -2.30. The Morgan fingerprint density at radius 2 is 2.39 bits per heavy atom. The molecular weight excluding hydrogens is 230 g/mol. The topological polar surface area (TPSA) is 57.8 Å². The maximum absolute atomic E-state index is 12.0. The van der Waals surface area contributed by atoms with Gasteiger partial charge in [0.2, 0.25) is 5.91 Å². The van der Waals surface area contributed by atoms with E-state index in [0.29, 0.717) is 25.9 Å². The van der Waals surface area contributed by atoms with E-state index in [2.05, 4.69) is 4.98 Å². The molecule has 1 atom stereocenters. The van der Waals surface area contributed by atoms with E-state index in [-0.39, 0.29) is 12.0 Å². The van der Waals surface area contributed by atoms with Crippen LogP contribution in [0, 0.1) is 0 Å². The number of rotatable bonds is 2. The Morgan fingerprint density at radius 1 is 1.50 bits per heavy atom. The van der Waals surface area contributed by atoms with Crippen LogP contribution in [0.1, 0.15) is 12.1 Å². The van der Waals surface area contributed by atoms with Crippen molar-refractivity contribution in [2.75, 3.05) is 13.1 Å². The van der Waals surface area contributed by atoms with Gasteiger partial charge in [-0.2, -0.15) is 0 Å². The lowest BCUT2D eigenvalue weighted by molar-refractivity contribution is -0.129. The molecule has 3 rings (SSSR count). The predicted octanol–water partition coefficient (Wildman–Crippen LogP) is 0.470. The zero-order chi connectivity index (χ0) is 12.5. The number of carbonyl (C=O) groups excluding carboxylic acids is 1. The van der Waals surface area contributed by atoms with Crippen molar-refractivity contribution in [3.63, 3.8) is 0 Å². The molecule has 2 aromatic heterocycles. The van der Waals surface area contributed by atoms with Crippen LogP contribution in [0.3, 0.4) is 0 Å². The zero-order valence-electron chi connectivity index (χ0n) is 9.99. The molecule has 18 heavy (non-hydrogen) atoms. The van der Waals surface area contributed by atoms with Gasteiger partial charge in [-0.15, -0.1) is 0 Å². The van der Waals surface area contributed by atoms with Crippen molar-refractivity contribution in [1.82, 2.24) is 14.3 Å². The van der Waals surface area contributed by atoms with Gasteiger partial charge in [0.15, 0.2) is 0 Å². The monoisotopic (exact) mass is 245 g/mol. The molecule has 1 saturated heterocycles. The van der Waals surface area contributed by atoms with E-state index < -0.39 is 0 Å². The first-order valence-electron chi connectivity index (χ1n) is 6.11. The average Bonchev–Trinajstić information content (AvgIpc) is 2.94. The first kappa shape index (κ1) is 11.2. The first-order valence-corrected chi connectivity index (χ1v) is 6.11. The summed E-state index contributed by atoms with van der Waals surface area (Å²) in [5.74, 6) is 0.0370. The van der Waals surface area contributed by atoms with Crippen LogP contribution in [-0.2, 0) is 11.2 Å². The molecule has 0 spiro atoms. The molecule has 5 heteroatoms. The number of aliphatic hydroxyl groups excluding tert-OH is 1. The van der Waals surface area contributed by atoms with Crippen LogP contribution in [0.5, 0.6) is 0 Å². The van der Waals surface area contributed by atoms with Gasteiger partial charge in [-0.3, -0.25) is 4.79 Å². The molecule has 1 N–H and O–H groups in total. The van der Waals surface area contributed by atoms with Crippen molar-refractivity contribution in [2.24, 2.45) is 0 Å². The lowest BCUT2D eigenvalue weighted by Gasteiger charge is -2.14. The van der Waals surface area contributed by atoms with Gasteiger partial charge in [-0.25, -0.2) is 4.98 Å². The Hall–Kier alpha value is -1.88. The largest absolute Gasteiger partial charge is 0.391 e. The molecule has 1 fully saturated rings. The number of amides is 1. The molecule has 1 aliphatic rings. The van der Waals surface area contributed by atoms with E-state index in [4.69, 9.17) is 0 Å². The van der Waals surface area contributed by atoms with Crippen molar-refractivity contribution in [2.45, 2.75) is 18.9 Å². The standard InChI is InChI=1S/C13H15N3O2/c17-11-4-6-16(9-11)13(18)7-10-8-15-5-2-1-3-12(15)14-10/h1-3,5,8,11,17H,4,6-7,9H2/t11-/m1/s1. The molecule has 0 unspecified atom stereocenters. The number of carbonyl (C=O) groups is 1. The quantitative estimate of drug-likeness (QED) is 0.836. The second-order valence-corrected chi connectivity index (χ2v) is 4.66. The number of likely N-dealkylation sites (tertiary alicyclic amines) is 1. The SMILES string of the molecule is O=C(Cc1cn2ccccc2n1)N1CC[C@@H](O)C1. The highest BCUT2D eigenvalue weighted by Gasteiger charge is 2.24. The highest BCUT2D eigenvalue weighted by molar-refractivity contribution is 5.78. The molecular formula is C13H15N3O2. The van der Waals surface area contributed by atoms with E-state index in [1.54, 1.807) is 4.90 Å². The lowest BCUT2D eigenvalue weighted by atomic mass is 10.3. The summed E-state index contributed by atoms with van der Waals surface area (Å²) in [5.41, 5.74) is 1.62. The first-order chi connectivity index (χ1) is 8.72. The number of hydrogen-bond donors (Lipinski definition) is 1. The summed E-state index contributed by atoms with van der Waals surface area (Å²) in [6, 6.07) is 5.76. The second-order valence-electron chi connectivity index (χ2n) is 4.66. The van der Waals surface area contributed by atoms with Gasteiger partial charge in [0.25, 0.3) is 0 Å². The summed E-state index contributed by atoms with van der Waals surface area (Å²) in [7, 11) is 0. The summed E-state index contributed by atoms with van der Waals surface area (Å²) in [6.45, 7) is 1.10. The molecule has 5 nitrogen and oxygen atoms in total. The third-order valence-corrected chi connectivity index (χ3v) is 3.26. The van der Waals surface area contributed by atoms with Gasteiger partial charge in [-0.05, 0) is 18.6 Å². The zero-order valence-corrected chi connectivity index (χ0v) is 9.99. The molecule has 0 saturated carbocycles. The average molecular weight is 245 g/mol. The van der Waals surface area contributed by atoms with E-state index >= 15 is 0 Å². The van der Waals surface area contributed by atoms with Gasteiger partial charge < -0.3 is 14.4 Å². The number of β-amino-alcohol motifs (C(OH)–C–C–N with tert-alkyl or cyclic N) is 1. The van der Waals surface area contributed by atoms with Crippen molar-refractivity contribution >= 4 is 11.6 Å². The number of fused-ring (bicyclic) bond motifs is 1. The van der Waals surface area contributed by atoms with Gasteiger partial charge in [0.05, 0.1) is 18.2 Å². The molecule has 0 radical (unpaired) electrons. The van der Waals surface area contributed by atoms with E-state index in [9.17, 15) is 9.90 Å². The van der Waals surface area contributed by atoms with Gasteiger partial charge in [-0.1, -0.05) is 6.07 Å². The van der Waals surface area contributed by atoms with Crippen molar-refractivity contribution in [3.05, 3.63) is 36.3 Å². The number of hydrogen-bond acceptors (Lipinski definition) is 3. The fourth-order valence-electron chi connectivity index (χ4n) is 2.31. The Morgan fingerprint density at radius 3 is 3.11 bits per heavy atom. The number of imidazole rings is 1. The minimum Gasteiger partial charge on any atom is -0.391 e. The molecule has 0 aliphatic carbocycles. The van der Waals surface area contributed by atoms with Crippen LogP contribution in [0.4, 0.5) is 0 Å². The van der Waals surface area contributed by atoms with Crippen LogP contribution in [0.2, 0.25) is 0 Å². The fraction of sp³-hybridized carbons (Fsp3) is 0.385. The summed E-state index contributed by atoms with van der Waals surface area (Å²) in [5, 5.41) is 9.42. The van der Waals surface area contributed by atoms with E-state index in [0.717, 1.165) is 11.3 Å². The molecule has 0 aromatic carbocycles. The summed E-state index contributed by atoms with van der Waals surface area (Å²) in [4.78, 5) is 18.1. The Labute approximate surface area is 105 Å². The van der Waals surface area contributed by atoms with E-state index in [1.165, 1.54) is 0 Å². The summed E-state index contributed by atoms with van der Waals surface area (Å²) in [6.07, 6.45) is 4.40. The van der Waals surface area contributed by atoms with Crippen molar-refractivity contribution in [3.8, 4) is 0 Å². The Balaban J connectivity index is 1.74. The third kappa shape index (κ3) is 2.09. The van der Waals surface area contributed by atoms with Crippen LogP contribution in [0.15, 0.2) is 30.6 Å². The number of aromatic nitrogens is 2. The van der Waals surface area contributed by atoms with Gasteiger partial charge in [0.1, 0.15) is 5.65 Å². The van der Waals surface area contributed by atoms with Gasteiger partial charge in [0, 0.05) is 25.5 Å². The predicted molar refractivity (Wildman–Crippen MR) is 66.1 cm³/mol. The Bertz CT molecular complexity index is 545. The molecule has 3 heterocycles. The van der Waals surface area contributed by atoms with Crippen LogP contribution >= 0.6 is 0 Å². The van der Waals surface area contributed by atoms with Crippen LogP contribution in [0.25, 0.3) is 5.65 Å². The van der Waals surface area contributed by atoms with Gasteiger partial charge >= 0.3 is 0 Å². The normalized spacial score (nSPS) is 19.6. The molecule has 2 aromatic rings. The maximum Gasteiger partial charge on any atom is 0.228 e. The molecule has 0 bridgehead atoms. The summed E-state index contributed by atoms with van der Waals surface area (Å²) >= 11 is 0. The second kappa shape index (κ2) is 4.42. The van der Waals surface area contributed by atoms with Crippen LogP contribution in [-0.4, -0.2) is 44.5 Å². The van der Waals surface area contributed by atoms with Crippen LogP contribution < -0.4 is 0 Å². The number of aliphatic hydroxyl groups is 1. The minimum absolute atomic E-state index is 0.0370. The maximum atomic E-state index is 12.0. The van der Waals surface area contributed by atoms with Crippen molar-refractivity contribution < 1.29 is 9.90 Å².